The van der Waals surface area contributed by atoms with E-state index in [2.05, 4.69) is 44.2 Å². The lowest BCUT2D eigenvalue weighted by atomic mass is 10.1. The first-order chi connectivity index (χ1) is 12.8. The van der Waals surface area contributed by atoms with E-state index in [1.807, 2.05) is 0 Å². The average molecular weight is 571 g/mol. The maximum Gasteiger partial charge on any atom is 0.307 e. The van der Waals surface area contributed by atoms with E-state index < -0.39 is 11.9 Å². The van der Waals surface area contributed by atoms with Crippen molar-refractivity contribution in [2.24, 2.45) is 0 Å². The van der Waals surface area contributed by atoms with Gasteiger partial charge in [-0.05, 0) is 41.5 Å². The zero-order valence-electron chi connectivity index (χ0n) is 14.6. The van der Waals surface area contributed by atoms with Crippen molar-refractivity contribution < 1.29 is 29.3 Å². The third-order valence-electron chi connectivity index (χ3n) is 3.08. The van der Waals surface area contributed by atoms with Crippen LogP contribution in [0.5, 0.6) is 11.5 Å². The molecule has 2 N–H and O–H groups in total. The number of halogens is 3. The average Bonchev–Trinajstić information content (AvgIpc) is 2.65. The number of hydrogen-bond acceptors (Lipinski definition) is 4. The molecule has 9 heteroatoms. The molecule has 2 rings (SSSR count). The molecule has 0 saturated heterocycles. The number of hydrogen-bond donors (Lipinski definition) is 2. The lowest BCUT2D eigenvalue weighted by molar-refractivity contribution is -0.137. The van der Waals surface area contributed by atoms with Crippen molar-refractivity contribution in [1.29, 1.82) is 0 Å². The van der Waals surface area contributed by atoms with Crippen molar-refractivity contribution in [3.8, 4) is 11.5 Å². The van der Waals surface area contributed by atoms with Crippen molar-refractivity contribution >= 4 is 56.1 Å². The van der Waals surface area contributed by atoms with E-state index in [4.69, 9.17) is 19.7 Å². The smallest absolute Gasteiger partial charge is 0.307 e. The van der Waals surface area contributed by atoms with Gasteiger partial charge in [0, 0.05) is 32.7 Å². The van der Waals surface area contributed by atoms with E-state index in [1.54, 1.807) is 56.7 Å². The van der Waals surface area contributed by atoms with Crippen LogP contribution in [0.2, 0.25) is 0 Å². The number of benzene rings is 2. The number of carbonyl (C=O) groups is 2. The Balaban J connectivity index is 0.000000460. The number of aliphatic carboxylic acids is 2. The van der Waals surface area contributed by atoms with E-state index in [0.717, 1.165) is 10.0 Å². The molecule has 0 aromatic heterocycles. The lowest BCUT2D eigenvalue weighted by Crippen LogP contribution is -2.01. The Kier molecular flexibility index (Phi) is 13.6. The second-order valence-corrected chi connectivity index (χ2v) is 5.80. The molecule has 6 nitrogen and oxygen atoms in total. The van der Waals surface area contributed by atoms with Crippen LogP contribution in [0.25, 0.3) is 0 Å². The highest BCUT2D eigenvalue weighted by atomic mass is 80.9. The second-order valence-electron chi connectivity index (χ2n) is 4.95. The van der Waals surface area contributed by atoms with Gasteiger partial charge in [-0.1, -0.05) is 28.1 Å². The van der Waals surface area contributed by atoms with Gasteiger partial charge in [-0.2, -0.15) is 0 Å². The van der Waals surface area contributed by atoms with Gasteiger partial charge in [-0.15, -0.1) is 0 Å². The van der Waals surface area contributed by atoms with E-state index >= 15 is 0 Å². The van der Waals surface area contributed by atoms with Crippen molar-refractivity contribution in [2.75, 3.05) is 14.2 Å². The first-order valence-electron chi connectivity index (χ1n) is 7.39. The van der Waals surface area contributed by atoms with E-state index in [-0.39, 0.29) is 12.8 Å². The fourth-order valence-corrected chi connectivity index (χ4v) is 2.32. The van der Waals surface area contributed by atoms with Crippen molar-refractivity contribution in [1.82, 2.24) is 0 Å². The van der Waals surface area contributed by atoms with Gasteiger partial charge in [0.1, 0.15) is 11.5 Å². The third-order valence-corrected chi connectivity index (χ3v) is 3.86. The number of carboxylic acids is 2. The Hall–Kier alpha value is -1.58. The topological polar surface area (TPSA) is 93.1 Å². The largest absolute Gasteiger partial charge is 0.497 e. The SMILES string of the molecule is BrBr.COc1ccc(Br)c(CC(=O)O)c1.COc1cccc(CC(=O)O)c1. The van der Waals surface area contributed by atoms with E-state index in [0.29, 0.717) is 17.1 Å². The molecule has 0 amide bonds. The number of rotatable bonds is 6. The van der Waals surface area contributed by atoms with Crippen molar-refractivity contribution in [3.05, 3.63) is 58.1 Å². The van der Waals surface area contributed by atoms with Gasteiger partial charge in [0.25, 0.3) is 0 Å². The van der Waals surface area contributed by atoms with Gasteiger partial charge < -0.3 is 19.7 Å². The predicted molar refractivity (Wildman–Crippen MR) is 114 cm³/mol. The number of carboxylic acid groups (broad SMARTS) is 2. The molecule has 0 atom stereocenters. The molecule has 0 radical (unpaired) electrons. The Morgan fingerprint density at radius 3 is 1.96 bits per heavy atom. The predicted octanol–water partition coefficient (Wildman–Crippen LogP) is 5.10. The van der Waals surface area contributed by atoms with Gasteiger partial charge in [-0.25, -0.2) is 0 Å². The van der Waals surface area contributed by atoms with Gasteiger partial charge in [0.15, 0.2) is 0 Å². The van der Waals surface area contributed by atoms with Crippen LogP contribution >= 0.6 is 44.2 Å². The van der Waals surface area contributed by atoms with Crippen LogP contribution in [-0.2, 0) is 22.4 Å². The summed E-state index contributed by atoms with van der Waals surface area (Å²) in [6.07, 6.45) is 0.0367. The third kappa shape index (κ3) is 11.0. The summed E-state index contributed by atoms with van der Waals surface area (Å²) < 4.78 is 10.7. The molecule has 2 aromatic carbocycles. The molecule has 0 aliphatic rings. The molecule has 148 valence electrons. The zero-order chi connectivity index (χ0) is 20.8. The Morgan fingerprint density at radius 1 is 0.889 bits per heavy atom. The molecule has 0 bridgehead atoms. The molecule has 0 aliphatic heterocycles. The highest BCUT2D eigenvalue weighted by molar-refractivity contribution is 9.93. The van der Waals surface area contributed by atoms with Crippen LogP contribution in [0.4, 0.5) is 0 Å². The first kappa shape index (κ1) is 25.4. The Morgan fingerprint density at radius 2 is 1.44 bits per heavy atom. The van der Waals surface area contributed by atoms with Gasteiger partial charge in [0.05, 0.1) is 27.1 Å². The first-order valence-corrected chi connectivity index (χ1v) is 11.9. The Labute approximate surface area is 181 Å². The lowest BCUT2D eigenvalue weighted by Gasteiger charge is -2.04. The van der Waals surface area contributed by atoms with Crippen molar-refractivity contribution in [2.45, 2.75) is 12.8 Å². The molecule has 0 unspecified atom stereocenters. The molecule has 0 saturated carbocycles. The fourth-order valence-electron chi connectivity index (χ4n) is 1.93. The number of ether oxygens (including phenoxy) is 2. The molecule has 27 heavy (non-hydrogen) atoms. The van der Waals surface area contributed by atoms with Crippen LogP contribution in [-0.4, -0.2) is 36.4 Å². The summed E-state index contributed by atoms with van der Waals surface area (Å²) in [5, 5.41) is 17.1. The minimum atomic E-state index is -0.853. The van der Waals surface area contributed by atoms with Gasteiger partial charge >= 0.3 is 11.9 Å². The minimum Gasteiger partial charge on any atom is -0.497 e. The summed E-state index contributed by atoms with van der Waals surface area (Å²) in [5.74, 6) is -0.328. The zero-order valence-corrected chi connectivity index (χ0v) is 19.4. The van der Waals surface area contributed by atoms with Crippen LogP contribution in [0.3, 0.4) is 0 Å². The van der Waals surface area contributed by atoms with Crippen LogP contribution in [0.1, 0.15) is 11.1 Å². The summed E-state index contributed by atoms with van der Waals surface area (Å²) in [5.41, 5.74) is 1.47. The van der Waals surface area contributed by atoms with Crippen LogP contribution in [0.15, 0.2) is 46.9 Å². The van der Waals surface area contributed by atoms with E-state index in [1.165, 1.54) is 0 Å². The molecule has 0 heterocycles. The highest BCUT2D eigenvalue weighted by Crippen LogP contribution is 2.22. The molecule has 0 fully saturated rings. The highest BCUT2D eigenvalue weighted by Gasteiger charge is 2.06. The van der Waals surface area contributed by atoms with Crippen LogP contribution in [0, 0.1) is 0 Å². The van der Waals surface area contributed by atoms with Crippen LogP contribution < -0.4 is 9.47 Å². The molecule has 0 aliphatic carbocycles. The summed E-state index contributed by atoms with van der Waals surface area (Å²) in [6.45, 7) is 0. The monoisotopic (exact) mass is 568 g/mol. The second kappa shape index (κ2) is 14.5. The van der Waals surface area contributed by atoms with Gasteiger partial charge in [-0.3, -0.25) is 9.59 Å². The molecular formula is C18H19Br3O6. The summed E-state index contributed by atoms with van der Waals surface area (Å²) in [4.78, 5) is 20.8. The summed E-state index contributed by atoms with van der Waals surface area (Å²) >= 11 is 8.77. The summed E-state index contributed by atoms with van der Waals surface area (Å²) in [7, 11) is 3.10. The quantitative estimate of drug-likeness (QED) is 0.502. The standard InChI is InChI=1S/C9H9BrO3.C9H10O3.Br2/c1-13-7-2-3-8(10)6(4-7)5-9(11)12;1-12-8-4-2-3-7(5-8)6-9(10)11;1-2/h2-4H,5H2,1H3,(H,11,12);2-5H,6H2,1H3,(H,10,11);. The van der Waals surface area contributed by atoms with Crippen molar-refractivity contribution in [3.63, 3.8) is 0 Å². The number of methoxy groups -OCH3 is 2. The molecule has 0 spiro atoms. The molecular weight excluding hydrogens is 552 g/mol. The molecule has 2 aromatic rings. The van der Waals surface area contributed by atoms with Gasteiger partial charge in [0.2, 0.25) is 0 Å². The maximum absolute atomic E-state index is 10.5. The van der Waals surface area contributed by atoms with E-state index in [9.17, 15) is 9.59 Å². The normalized spacial score (nSPS) is 9.07. The maximum atomic E-state index is 10.5. The minimum absolute atomic E-state index is 0.00220. The summed E-state index contributed by atoms with van der Waals surface area (Å²) in [6, 6.07) is 12.3. The Bertz CT molecular complexity index is 737. The fraction of sp³-hybridized carbons (Fsp3) is 0.222.